The van der Waals surface area contributed by atoms with Crippen LogP contribution in [0.5, 0.6) is 0 Å². The van der Waals surface area contributed by atoms with Crippen LogP contribution in [0.15, 0.2) is 30.6 Å². The Morgan fingerprint density at radius 1 is 1.09 bits per heavy atom. The van der Waals surface area contributed by atoms with Crippen LogP contribution in [0.1, 0.15) is 34.5 Å². The molecule has 1 N–H and O–H groups in total. The Morgan fingerprint density at radius 3 is 2.57 bits per heavy atom. The lowest BCUT2D eigenvalue weighted by Gasteiger charge is -2.47. The summed E-state index contributed by atoms with van der Waals surface area (Å²) in [7, 11) is 3.98. The molecule has 0 aromatic carbocycles. The summed E-state index contributed by atoms with van der Waals surface area (Å²) >= 11 is 1.49. The summed E-state index contributed by atoms with van der Waals surface area (Å²) in [5.74, 6) is 0.360. The molecule has 0 radical (unpaired) electrons. The first-order valence-corrected chi connectivity index (χ1v) is 12.8. The fourth-order valence-corrected chi connectivity index (χ4v) is 6.66. The lowest BCUT2D eigenvalue weighted by Crippen LogP contribution is -2.50. The molecule has 35 heavy (non-hydrogen) atoms. The van der Waals surface area contributed by atoms with Gasteiger partial charge in [-0.3, -0.25) is 4.79 Å². The summed E-state index contributed by atoms with van der Waals surface area (Å²) in [6.45, 7) is 4.73. The SMILES string of the molecule is CN1CCN(c2ccc(Nc3ncc(F)c(-c4cc5c(s4)C4(CCC4)CN(C)C5=O)n3)nc2)CC1. The van der Waals surface area contributed by atoms with Gasteiger partial charge in [-0.15, -0.1) is 11.3 Å². The summed E-state index contributed by atoms with van der Waals surface area (Å²) in [4.78, 5) is 34.1. The van der Waals surface area contributed by atoms with Crippen molar-refractivity contribution in [3.8, 4) is 10.6 Å². The number of fused-ring (bicyclic) bond motifs is 2. The highest BCUT2D eigenvalue weighted by molar-refractivity contribution is 7.16. The van der Waals surface area contributed by atoms with Crippen LogP contribution in [0.3, 0.4) is 0 Å². The van der Waals surface area contributed by atoms with Gasteiger partial charge in [-0.2, -0.15) is 0 Å². The van der Waals surface area contributed by atoms with Crippen LogP contribution in [-0.4, -0.2) is 77.5 Å². The molecule has 0 atom stereocenters. The third kappa shape index (κ3) is 3.94. The second kappa shape index (κ2) is 8.53. The quantitative estimate of drug-likeness (QED) is 0.593. The Kier molecular flexibility index (Phi) is 5.45. The summed E-state index contributed by atoms with van der Waals surface area (Å²) < 4.78 is 14.8. The first-order chi connectivity index (χ1) is 16.9. The maximum Gasteiger partial charge on any atom is 0.254 e. The van der Waals surface area contributed by atoms with Crippen molar-refractivity contribution in [1.29, 1.82) is 0 Å². The number of hydrogen-bond acceptors (Lipinski definition) is 8. The fourth-order valence-electron chi connectivity index (χ4n) is 5.28. The Hall–Kier alpha value is -3.11. The summed E-state index contributed by atoms with van der Waals surface area (Å²) in [5.41, 5.74) is 1.99. The highest BCUT2D eigenvalue weighted by Crippen LogP contribution is 2.52. The van der Waals surface area contributed by atoms with Crippen LogP contribution < -0.4 is 10.2 Å². The zero-order chi connectivity index (χ0) is 24.2. The molecule has 6 rings (SSSR count). The highest BCUT2D eigenvalue weighted by Gasteiger charge is 2.47. The number of likely N-dealkylation sites (N-methyl/N-ethyl adjacent to an activating group) is 2. The van der Waals surface area contributed by atoms with Gasteiger partial charge in [0, 0.05) is 50.1 Å². The molecule has 0 bridgehead atoms. The van der Waals surface area contributed by atoms with E-state index in [2.05, 4.69) is 37.1 Å². The maximum atomic E-state index is 14.8. The van der Waals surface area contributed by atoms with E-state index in [1.165, 1.54) is 17.5 Å². The number of halogens is 1. The smallest absolute Gasteiger partial charge is 0.254 e. The van der Waals surface area contributed by atoms with Gasteiger partial charge in [0.05, 0.1) is 28.5 Å². The van der Waals surface area contributed by atoms with Crippen LogP contribution in [0, 0.1) is 5.82 Å². The lowest BCUT2D eigenvalue weighted by atomic mass is 9.65. The monoisotopic (exact) mass is 493 g/mol. The molecule has 1 spiro atoms. The van der Waals surface area contributed by atoms with E-state index in [1.54, 1.807) is 11.0 Å². The average Bonchev–Trinajstić information content (AvgIpc) is 3.28. The predicted molar refractivity (Wildman–Crippen MR) is 135 cm³/mol. The number of carbonyl (C=O) groups excluding carboxylic acids is 1. The number of thiophene rings is 1. The average molecular weight is 494 g/mol. The summed E-state index contributed by atoms with van der Waals surface area (Å²) in [5, 5.41) is 3.10. The molecule has 1 amide bonds. The molecule has 5 heterocycles. The number of anilines is 3. The van der Waals surface area contributed by atoms with Gasteiger partial charge in [-0.25, -0.2) is 19.3 Å². The van der Waals surface area contributed by atoms with E-state index in [0.717, 1.165) is 62.6 Å². The molecule has 1 saturated heterocycles. The third-order valence-corrected chi connectivity index (χ3v) is 8.86. The molecule has 3 aromatic rings. The number of nitrogens with zero attached hydrogens (tertiary/aromatic N) is 6. The number of amides is 1. The van der Waals surface area contributed by atoms with Crippen LogP contribution in [0.25, 0.3) is 10.6 Å². The van der Waals surface area contributed by atoms with Crippen molar-refractivity contribution in [2.24, 2.45) is 0 Å². The van der Waals surface area contributed by atoms with Crippen molar-refractivity contribution in [2.75, 3.05) is 57.0 Å². The van der Waals surface area contributed by atoms with E-state index in [1.807, 2.05) is 25.4 Å². The topological polar surface area (TPSA) is 77.5 Å². The van der Waals surface area contributed by atoms with Gasteiger partial charge in [0.1, 0.15) is 11.5 Å². The minimum atomic E-state index is -0.504. The van der Waals surface area contributed by atoms with E-state index in [0.29, 0.717) is 16.3 Å². The minimum absolute atomic E-state index is 0.00234. The Balaban J connectivity index is 1.25. The van der Waals surface area contributed by atoms with E-state index >= 15 is 0 Å². The number of hydrogen-bond donors (Lipinski definition) is 1. The molecule has 182 valence electrons. The van der Waals surface area contributed by atoms with E-state index in [4.69, 9.17) is 0 Å². The Morgan fingerprint density at radius 2 is 1.89 bits per heavy atom. The Bertz CT molecular complexity index is 1270. The fraction of sp³-hybridized carbons (Fsp3) is 0.440. The van der Waals surface area contributed by atoms with Crippen LogP contribution in [0.2, 0.25) is 0 Å². The van der Waals surface area contributed by atoms with Crippen molar-refractivity contribution in [3.63, 3.8) is 0 Å². The van der Waals surface area contributed by atoms with Gasteiger partial charge in [-0.05, 0) is 38.1 Å². The molecular formula is C25H28FN7OS. The number of carbonyl (C=O) groups is 1. The normalized spacial score (nSPS) is 19.6. The first-order valence-electron chi connectivity index (χ1n) is 12.0. The van der Waals surface area contributed by atoms with Gasteiger partial charge in [-0.1, -0.05) is 6.42 Å². The van der Waals surface area contributed by atoms with E-state index < -0.39 is 5.82 Å². The molecule has 2 fully saturated rings. The zero-order valence-corrected chi connectivity index (χ0v) is 20.7. The summed E-state index contributed by atoms with van der Waals surface area (Å²) in [6, 6.07) is 5.72. The van der Waals surface area contributed by atoms with Crippen molar-refractivity contribution in [2.45, 2.75) is 24.7 Å². The van der Waals surface area contributed by atoms with E-state index in [9.17, 15) is 9.18 Å². The molecule has 1 saturated carbocycles. The maximum absolute atomic E-state index is 14.8. The van der Waals surface area contributed by atoms with Crippen LogP contribution in [0.4, 0.5) is 21.8 Å². The largest absolute Gasteiger partial charge is 0.368 e. The highest BCUT2D eigenvalue weighted by atomic mass is 32.1. The van der Waals surface area contributed by atoms with Crippen LogP contribution in [-0.2, 0) is 5.41 Å². The molecule has 3 aromatic heterocycles. The van der Waals surface area contributed by atoms with Crippen molar-refractivity contribution >= 4 is 34.7 Å². The van der Waals surface area contributed by atoms with Gasteiger partial charge < -0.3 is 20.0 Å². The van der Waals surface area contributed by atoms with E-state index in [-0.39, 0.29) is 23.0 Å². The number of pyridine rings is 1. The molecule has 10 heteroatoms. The second-order valence-corrected chi connectivity index (χ2v) is 10.9. The number of piperazine rings is 1. The van der Waals surface area contributed by atoms with Gasteiger partial charge in [0.25, 0.3) is 5.91 Å². The molecule has 0 unspecified atom stereocenters. The number of aromatic nitrogens is 3. The third-order valence-electron chi connectivity index (χ3n) is 7.48. The van der Waals surface area contributed by atoms with Gasteiger partial charge >= 0.3 is 0 Å². The van der Waals surface area contributed by atoms with Crippen molar-refractivity contribution in [1.82, 2.24) is 24.8 Å². The second-order valence-electron chi connectivity index (χ2n) is 9.86. The van der Waals surface area contributed by atoms with Gasteiger partial charge in [0.2, 0.25) is 5.95 Å². The van der Waals surface area contributed by atoms with Gasteiger partial charge in [0.15, 0.2) is 5.82 Å². The number of rotatable bonds is 4. The van der Waals surface area contributed by atoms with Crippen molar-refractivity contribution in [3.05, 3.63) is 46.9 Å². The lowest BCUT2D eigenvalue weighted by molar-refractivity contribution is 0.0659. The first kappa shape index (κ1) is 22.4. The standard InChI is InChI=1S/C25H28FN7OS/c1-31-8-10-33(11-9-31)16-4-5-20(27-13-16)29-24-28-14-18(26)21(30-24)19-12-17-22(35-19)25(6-3-7-25)15-32(2)23(17)34/h4-5,12-14H,3,6-11,15H2,1-2H3,(H,27,28,29,30). The molecule has 3 aliphatic rings. The van der Waals surface area contributed by atoms with Crippen molar-refractivity contribution < 1.29 is 9.18 Å². The minimum Gasteiger partial charge on any atom is -0.368 e. The molecular weight excluding hydrogens is 465 g/mol. The molecule has 2 aliphatic heterocycles. The molecule has 8 nitrogen and oxygen atoms in total. The molecule has 1 aliphatic carbocycles. The Labute approximate surface area is 207 Å². The zero-order valence-electron chi connectivity index (χ0n) is 19.9. The predicted octanol–water partition coefficient (Wildman–Crippen LogP) is 3.74. The summed E-state index contributed by atoms with van der Waals surface area (Å²) in [6.07, 6.45) is 6.30. The van der Waals surface area contributed by atoms with Crippen LogP contribution >= 0.6 is 11.3 Å². The number of nitrogens with one attached hydrogen (secondary N) is 1.